The Hall–Kier alpha value is -3.02. The number of anilines is 1. The van der Waals surface area contributed by atoms with E-state index in [2.05, 4.69) is 0 Å². The highest BCUT2D eigenvalue weighted by Gasteiger charge is 2.39. The Morgan fingerprint density at radius 1 is 1.08 bits per heavy atom. The van der Waals surface area contributed by atoms with E-state index in [0.717, 1.165) is 11.3 Å². The highest BCUT2D eigenvalue weighted by molar-refractivity contribution is 6.11. The maximum Gasteiger partial charge on any atom is 0.329 e. The predicted molar refractivity (Wildman–Crippen MR) is 90.2 cm³/mol. The summed E-state index contributed by atoms with van der Waals surface area (Å²) >= 11 is 0. The van der Waals surface area contributed by atoms with Gasteiger partial charge in [0, 0.05) is 17.7 Å². The van der Waals surface area contributed by atoms with Crippen molar-refractivity contribution in [3.63, 3.8) is 0 Å². The molecule has 1 amide bonds. The summed E-state index contributed by atoms with van der Waals surface area (Å²) in [6.07, 6.45) is 0.444. The van der Waals surface area contributed by atoms with Crippen LogP contribution in [0, 0.1) is 0 Å². The molecule has 25 heavy (non-hydrogen) atoms. The number of fused-ring (bicyclic) bond motifs is 2. The number of amides is 1. The van der Waals surface area contributed by atoms with Crippen LogP contribution in [0.5, 0.6) is 11.5 Å². The van der Waals surface area contributed by atoms with Crippen molar-refractivity contribution in [1.29, 1.82) is 0 Å². The van der Waals surface area contributed by atoms with Crippen molar-refractivity contribution in [1.82, 2.24) is 0 Å². The predicted octanol–water partition coefficient (Wildman–Crippen LogP) is 2.20. The van der Waals surface area contributed by atoms with E-state index in [9.17, 15) is 9.59 Å². The van der Waals surface area contributed by atoms with E-state index in [1.807, 2.05) is 24.3 Å². The lowest BCUT2D eigenvalue weighted by atomic mass is 10.1. The zero-order valence-electron chi connectivity index (χ0n) is 13.7. The van der Waals surface area contributed by atoms with Crippen LogP contribution in [0.2, 0.25) is 0 Å². The van der Waals surface area contributed by atoms with Gasteiger partial charge in [-0.1, -0.05) is 18.2 Å². The van der Waals surface area contributed by atoms with E-state index >= 15 is 0 Å². The summed E-state index contributed by atoms with van der Waals surface area (Å²) in [4.78, 5) is 26.9. The van der Waals surface area contributed by atoms with Crippen LogP contribution in [0.15, 0.2) is 42.5 Å². The number of hydrogen-bond acceptors (Lipinski definition) is 5. The van der Waals surface area contributed by atoms with E-state index in [0.29, 0.717) is 36.7 Å². The fraction of sp³-hybridized carbons (Fsp3) is 0.263. The third-order valence-corrected chi connectivity index (χ3v) is 4.46. The van der Waals surface area contributed by atoms with Gasteiger partial charge in [0.1, 0.15) is 19.3 Å². The van der Waals surface area contributed by atoms with E-state index in [1.54, 1.807) is 18.2 Å². The minimum atomic E-state index is -0.664. The van der Waals surface area contributed by atoms with Crippen LogP contribution in [0.4, 0.5) is 5.69 Å². The molecule has 128 valence electrons. The largest absolute Gasteiger partial charge is 0.486 e. The molecule has 0 bridgehead atoms. The standard InChI is InChI=1S/C19H17NO5/c1-23-19(22)15-10-12-4-2-3-5-14(12)20(15)18(21)13-6-7-16-17(11-13)25-9-8-24-16/h2-7,11,15H,8-10H2,1H3. The molecule has 1 unspecified atom stereocenters. The maximum atomic E-state index is 13.1. The third-order valence-electron chi connectivity index (χ3n) is 4.46. The Labute approximate surface area is 144 Å². The van der Waals surface area contributed by atoms with Gasteiger partial charge in [0.2, 0.25) is 0 Å². The number of esters is 1. The molecule has 2 heterocycles. The number of hydrogen-bond donors (Lipinski definition) is 0. The molecule has 0 radical (unpaired) electrons. The molecule has 0 saturated carbocycles. The van der Waals surface area contributed by atoms with Crippen molar-refractivity contribution in [2.45, 2.75) is 12.5 Å². The highest BCUT2D eigenvalue weighted by atomic mass is 16.6. The number of benzene rings is 2. The molecule has 6 heteroatoms. The summed E-state index contributed by atoms with van der Waals surface area (Å²) in [6.45, 7) is 0.937. The molecule has 0 N–H and O–H groups in total. The van der Waals surface area contributed by atoms with Crippen molar-refractivity contribution in [3.05, 3.63) is 53.6 Å². The fourth-order valence-corrected chi connectivity index (χ4v) is 3.28. The average Bonchev–Trinajstić information content (AvgIpc) is 3.06. The fourth-order valence-electron chi connectivity index (χ4n) is 3.28. The number of para-hydroxylation sites is 1. The molecule has 2 aliphatic rings. The molecule has 0 aromatic heterocycles. The van der Waals surface area contributed by atoms with Crippen LogP contribution >= 0.6 is 0 Å². The Kier molecular flexibility index (Phi) is 3.80. The Morgan fingerprint density at radius 3 is 2.64 bits per heavy atom. The quantitative estimate of drug-likeness (QED) is 0.785. The summed E-state index contributed by atoms with van der Waals surface area (Å²) in [5, 5.41) is 0. The number of ether oxygens (including phenoxy) is 3. The van der Waals surface area contributed by atoms with Crippen LogP contribution in [0.3, 0.4) is 0 Å². The molecule has 0 aliphatic carbocycles. The number of carbonyl (C=O) groups excluding carboxylic acids is 2. The van der Waals surface area contributed by atoms with Gasteiger partial charge in [-0.2, -0.15) is 0 Å². The smallest absolute Gasteiger partial charge is 0.329 e. The lowest BCUT2D eigenvalue weighted by Gasteiger charge is -2.25. The molecule has 6 nitrogen and oxygen atoms in total. The second-order valence-electron chi connectivity index (χ2n) is 5.91. The van der Waals surface area contributed by atoms with Crippen molar-refractivity contribution in [2.75, 3.05) is 25.2 Å². The molecular weight excluding hydrogens is 322 g/mol. The van der Waals surface area contributed by atoms with Crippen LogP contribution in [0.25, 0.3) is 0 Å². The van der Waals surface area contributed by atoms with E-state index in [-0.39, 0.29) is 5.91 Å². The van der Waals surface area contributed by atoms with Gasteiger partial charge in [-0.05, 0) is 29.8 Å². The molecule has 2 aliphatic heterocycles. The molecule has 0 spiro atoms. The van der Waals surface area contributed by atoms with Crippen molar-refractivity contribution < 1.29 is 23.8 Å². The summed E-state index contributed by atoms with van der Waals surface area (Å²) in [5.41, 5.74) is 2.12. The maximum absolute atomic E-state index is 13.1. The van der Waals surface area contributed by atoms with Gasteiger partial charge in [0.25, 0.3) is 5.91 Å². The monoisotopic (exact) mass is 339 g/mol. The zero-order chi connectivity index (χ0) is 17.4. The number of rotatable bonds is 2. The first-order valence-corrected chi connectivity index (χ1v) is 8.08. The minimum absolute atomic E-state index is 0.266. The van der Waals surface area contributed by atoms with E-state index < -0.39 is 12.0 Å². The van der Waals surface area contributed by atoms with Gasteiger partial charge in [-0.25, -0.2) is 4.79 Å². The molecule has 2 aromatic rings. The van der Waals surface area contributed by atoms with Gasteiger partial charge < -0.3 is 14.2 Å². The Bertz CT molecular complexity index is 847. The Balaban J connectivity index is 1.73. The van der Waals surface area contributed by atoms with Crippen molar-refractivity contribution >= 4 is 17.6 Å². The topological polar surface area (TPSA) is 65.1 Å². The summed E-state index contributed by atoms with van der Waals surface area (Å²) in [6, 6.07) is 11.9. The van der Waals surface area contributed by atoms with Crippen LogP contribution in [0.1, 0.15) is 15.9 Å². The van der Waals surface area contributed by atoms with Crippen LogP contribution in [-0.2, 0) is 16.0 Å². The second kappa shape index (κ2) is 6.12. The molecule has 4 rings (SSSR count). The average molecular weight is 339 g/mol. The van der Waals surface area contributed by atoms with Crippen LogP contribution < -0.4 is 14.4 Å². The summed E-state index contributed by atoms with van der Waals surface area (Å²) in [5.74, 6) is 0.466. The highest BCUT2D eigenvalue weighted by Crippen LogP contribution is 2.36. The first-order valence-electron chi connectivity index (χ1n) is 8.08. The summed E-state index contributed by atoms with van der Waals surface area (Å²) in [7, 11) is 1.33. The van der Waals surface area contributed by atoms with Gasteiger partial charge in [0.15, 0.2) is 11.5 Å². The van der Waals surface area contributed by atoms with Gasteiger partial charge in [-0.3, -0.25) is 9.69 Å². The van der Waals surface area contributed by atoms with E-state index in [1.165, 1.54) is 12.0 Å². The van der Waals surface area contributed by atoms with Crippen molar-refractivity contribution in [3.8, 4) is 11.5 Å². The van der Waals surface area contributed by atoms with Crippen molar-refractivity contribution in [2.24, 2.45) is 0 Å². The molecule has 0 saturated heterocycles. The van der Waals surface area contributed by atoms with E-state index in [4.69, 9.17) is 14.2 Å². The first kappa shape index (κ1) is 15.5. The summed E-state index contributed by atoms with van der Waals surface area (Å²) < 4.78 is 15.9. The number of methoxy groups -OCH3 is 1. The Morgan fingerprint density at radius 2 is 1.84 bits per heavy atom. The van der Waals surface area contributed by atoms with Gasteiger partial charge in [0.05, 0.1) is 7.11 Å². The van der Waals surface area contributed by atoms with Gasteiger partial charge in [-0.15, -0.1) is 0 Å². The lowest BCUT2D eigenvalue weighted by Crippen LogP contribution is -2.43. The zero-order valence-corrected chi connectivity index (χ0v) is 13.7. The lowest BCUT2D eigenvalue weighted by molar-refractivity contribution is -0.141. The minimum Gasteiger partial charge on any atom is -0.486 e. The molecular formula is C19H17NO5. The SMILES string of the molecule is COC(=O)C1Cc2ccccc2N1C(=O)c1ccc2c(c1)OCCO2. The van der Waals surface area contributed by atoms with Crippen LogP contribution in [-0.4, -0.2) is 38.2 Å². The number of nitrogens with zero attached hydrogens (tertiary/aromatic N) is 1. The normalized spacial score (nSPS) is 17.8. The second-order valence-corrected chi connectivity index (χ2v) is 5.91. The first-order chi connectivity index (χ1) is 12.2. The third kappa shape index (κ3) is 2.59. The molecule has 0 fully saturated rings. The molecule has 2 aromatic carbocycles. The number of carbonyl (C=O) groups is 2. The van der Waals surface area contributed by atoms with Gasteiger partial charge >= 0.3 is 5.97 Å². The molecule has 1 atom stereocenters.